The minimum atomic E-state index is -0.753. The quantitative estimate of drug-likeness (QED) is 0.673. The van der Waals surface area contributed by atoms with E-state index in [4.69, 9.17) is 4.74 Å². The van der Waals surface area contributed by atoms with Crippen LogP contribution in [0.15, 0.2) is 29.4 Å². The minimum absolute atomic E-state index is 0.0649. The van der Waals surface area contributed by atoms with Gasteiger partial charge in [-0.25, -0.2) is 10.2 Å². The van der Waals surface area contributed by atoms with Crippen LogP contribution in [0.4, 0.5) is 11.4 Å². The molecule has 126 valence electrons. The van der Waals surface area contributed by atoms with Crippen LogP contribution in [0.2, 0.25) is 0 Å². The zero-order valence-electron chi connectivity index (χ0n) is 12.9. The highest BCUT2D eigenvalue weighted by atomic mass is 16.5. The van der Waals surface area contributed by atoms with Crippen LogP contribution in [0.3, 0.4) is 0 Å². The van der Waals surface area contributed by atoms with Gasteiger partial charge in [-0.2, -0.15) is 5.10 Å². The number of benzene rings is 1. The van der Waals surface area contributed by atoms with Crippen LogP contribution in [-0.4, -0.2) is 36.0 Å². The number of hydrogen-bond acceptors (Lipinski definition) is 6. The fraction of sp³-hybridized carbons (Fsp3) is 0.267. The lowest BCUT2D eigenvalue weighted by atomic mass is 10.2. The molecule has 3 N–H and O–H groups in total. The first kappa shape index (κ1) is 17.1. The molecule has 0 unspecified atom stereocenters. The average molecular weight is 332 g/mol. The molecule has 1 aliphatic heterocycles. The van der Waals surface area contributed by atoms with Crippen molar-refractivity contribution in [3.63, 3.8) is 0 Å². The highest BCUT2D eigenvalue weighted by molar-refractivity contribution is 6.37. The third-order valence-electron chi connectivity index (χ3n) is 2.94. The molecule has 0 saturated heterocycles. The molecule has 1 heterocycles. The van der Waals surface area contributed by atoms with E-state index in [1.807, 2.05) is 0 Å². The average Bonchev–Trinajstić information content (AvgIpc) is 2.53. The van der Waals surface area contributed by atoms with Crippen LogP contribution in [0, 0.1) is 0 Å². The van der Waals surface area contributed by atoms with Gasteiger partial charge in [0.15, 0.2) is 6.61 Å². The second-order valence-corrected chi connectivity index (χ2v) is 4.98. The number of rotatable bonds is 5. The van der Waals surface area contributed by atoms with Crippen molar-refractivity contribution in [2.75, 3.05) is 17.2 Å². The number of esters is 1. The molecule has 0 saturated carbocycles. The smallest absolute Gasteiger partial charge is 0.355 e. The summed E-state index contributed by atoms with van der Waals surface area (Å²) in [7, 11) is 0. The van der Waals surface area contributed by atoms with Gasteiger partial charge in [0.2, 0.25) is 11.8 Å². The Kier molecular flexibility index (Phi) is 5.61. The van der Waals surface area contributed by atoms with E-state index in [2.05, 4.69) is 21.2 Å². The van der Waals surface area contributed by atoms with E-state index in [1.165, 1.54) is 6.92 Å². The third-order valence-corrected chi connectivity index (χ3v) is 2.94. The summed E-state index contributed by atoms with van der Waals surface area (Å²) >= 11 is 0. The normalized spacial score (nSPS) is 13.4. The molecule has 0 fully saturated rings. The van der Waals surface area contributed by atoms with Gasteiger partial charge in [0.1, 0.15) is 5.71 Å². The van der Waals surface area contributed by atoms with Crippen LogP contribution < -0.4 is 16.1 Å². The highest BCUT2D eigenvalue weighted by Gasteiger charge is 2.20. The number of ether oxygens (including phenoxy) is 1. The van der Waals surface area contributed by atoms with E-state index in [0.717, 1.165) is 0 Å². The molecular formula is C15H16N4O5. The Balaban J connectivity index is 1.84. The molecule has 2 rings (SSSR count). The maximum Gasteiger partial charge on any atom is 0.355 e. The van der Waals surface area contributed by atoms with Gasteiger partial charge in [0.25, 0.3) is 5.91 Å². The number of anilines is 2. The van der Waals surface area contributed by atoms with Crippen molar-refractivity contribution in [1.82, 2.24) is 5.43 Å². The van der Waals surface area contributed by atoms with Crippen molar-refractivity contribution in [3.8, 4) is 0 Å². The Labute approximate surface area is 137 Å². The molecule has 24 heavy (non-hydrogen) atoms. The molecule has 0 radical (unpaired) electrons. The topological polar surface area (TPSA) is 126 Å². The molecule has 0 aliphatic carbocycles. The summed E-state index contributed by atoms with van der Waals surface area (Å²) in [5.74, 6) is -1.79. The van der Waals surface area contributed by atoms with Crippen molar-refractivity contribution in [1.29, 1.82) is 0 Å². The maximum atomic E-state index is 11.8. The first-order valence-electron chi connectivity index (χ1n) is 7.14. The highest BCUT2D eigenvalue weighted by Crippen LogP contribution is 2.15. The third kappa shape index (κ3) is 5.20. The molecule has 9 heteroatoms. The summed E-state index contributed by atoms with van der Waals surface area (Å²) in [4.78, 5) is 45.4. The second kappa shape index (κ2) is 7.86. The maximum absolute atomic E-state index is 11.8. The summed E-state index contributed by atoms with van der Waals surface area (Å²) in [5, 5.41) is 8.72. The van der Waals surface area contributed by atoms with E-state index in [-0.39, 0.29) is 30.4 Å². The summed E-state index contributed by atoms with van der Waals surface area (Å²) in [6, 6.07) is 6.53. The summed E-state index contributed by atoms with van der Waals surface area (Å²) < 4.78 is 4.84. The Morgan fingerprint density at radius 1 is 1.21 bits per heavy atom. The van der Waals surface area contributed by atoms with Crippen molar-refractivity contribution in [2.45, 2.75) is 19.8 Å². The lowest BCUT2D eigenvalue weighted by molar-refractivity contribution is -0.140. The molecule has 9 nitrogen and oxygen atoms in total. The number of hydrazone groups is 1. The Bertz CT molecular complexity index is 714. The van der Waals surface area contributed by atoms with E-state index < -0.39 is 18.5 Å². The molecule has 3 amide bonds. The minimum Gasteiger partial charge on any atom is -0.451 e. The van der Waals surface area contributed by atoms with Gasteiger partial charge in [-0.3, -0.25) is 14.4 Å². The zero-order chi connectivity index (χ0) is 17.5. The van der Waals surface area contributed by atoms with Crippen molar-refractivity contribution < 1.29 is 23.9 Å². The number of carbonyl (C=O) groups excluding carboxylic acids is 4. The number of nitrogens with zero attached hydrogens (tertiary/aromatic N) is 1. The first-order chi connectivity index (χ1) is 11.4. The van der Waals surface area contributed by atoms with E-state index in [0.29, 0.717) is 11.4 Å². The molecular weight excluding hydrogens is 316 g/mol. The molecule has 1 aromatic rings. The molecule has 0 bridgehead atoms. The molecule has 1 aromatic carbocycles. The van der Waals surface area contributed by atoms with Gasteiger partial charge >= 0.3 is 5.97 Å². The first-order valence-corrected chi connectivity index (χ1v) is 7.14. The lowest BCUT2D eigenvalue weighted by Crippen LogP contribution is -2.32. The Morgan fingerprint density at radius 3 is 2.54 bits per heavy atom. The molecule has 0 atom stereocenters. The number of hydrogen-bond donors (Lipinski definition) is 3. The van der Waals surface area contributed by atoms with Gasteiger partial charge in [-0.15, -0.1) is 0 Å². The largest absolute Gasteiger partial charge is 0.451 e. The monoisotopic (exact) mass is 332 g/mol. The summed E-state index contributed by atoms with van der Waals surface area (Å²) in [6.07, 6.45) is 0.321. The van der Waals surface area contributed by atoms with Crippen LogP contribution in [0.25, 0.3) is 0 Å². The van der Waals surface area contributed by atoms with Gasteiger partial charge in [-0.05, 0) is 18.2 Å². The fourth-order valence-electron chi connectivity index (χ4n) is 1.91. The predicted molar refractivity (Wildman–Crippen MR) is 85.1 cm³/mol. The van der Waals surface area contributed by atoms with Gasteiger partial charge in [0, 0.05) is 31.1 Å². The van der Waals surface area contributed by atoms with Crippen molar-refractivity contribution >= 4 is 40.8 Å². The number of carbonyl (C=O) groups is 4. The predicted octanol–water partition coefficient (Wildman–Crippen LogP) is 0.393. The summed E-state index contributed by atoms with van der Waals surface area (Å²) in [6.45, 7) is 0.886. The van der Waals surface area contributed by atoms with Crippen LogP contribution in [0.5, 0.6) is 0 Å². The van der Waals surface area contributed by atoms with Crippen LogP contribution in [0.1, 0.15) is 19.8 Å². The zero-order valence-corrected chi connectivity index (χ0v) is 12.9. The molecule has 1 aliphatic rings. The molecule has 0 spiro atoms. The van der Waals surface area contributed by atoms with Gasteiger partial charge in [0.05, 0.1) is 0 Å². The van der Waals surface area contributed by atoms with E-state index in [9.17, 15) is 19.2 Å². The van der Waals surface area contributed by atoms with Gasteiger partial charge < -0.3 is 15.4 Å². The van der Waals surface area contributed by atoms with E-state index in [1.54, 1.807) is 24.3 Å². The van der Waals surface area contributed by atoms with Crippen LogP contribution >= 0.6 is 0 Å². The summed E-state index contributed by atoms with van der Waals surface area (Å²) in [5.41, 5.74) is 3.22. The Morgan fingerprint density at radius 2 is 1.92 bits per heavy atom. The number of amides is 3. The Hall–Kier alpha value is -3.23. The SMILES string of the molecule is CC(=O)Nc1cccc(NC(=O)COC(=O)C2=NNC(=O)CC2)c1. The van der Waals surface area contributed by atoms with Crippen molar-refractivity contribution in [3.05, 3.63) is 24.3 Å². The standard InChI is InChI=1S/C15H16N4O5/c1-9(20)16-10-3-2-4-11(7-10)17-14(22)8-24-15(23)12-5-6-13(21)19-18-12/h2-4,7H,5-6,8H2,1H3,(H,16,20)(H,17,22)(H,19,21). The second-order valence-electron chi connectivity index (χ2n) is 4.98. The van der Waals surface area contributed by atoms with Crippen LogP contribution in [-0.2, 0) is 23.9 Å². The van der Waals surface area contributed by atoms with E-state index >= 15 is 0 Å². The lowest BCUT2D eigenvalue weighted by Gasteiger charge is -2.11. The van der Waals surface area contributed by atoms with Crippen molar-refractivity contribution in [2.24, 2.45) is 5.10 Å². The van der Waals surface area contributed by atoms with Gasteiger partial charge in [-0.1, -0.05) is 6.07 Å². The molecule has 0 aromatic heterocycles. The number of nitrogens with one attached hydrogen (secondary N) is 3. The fourth-order valence-corrected chi connectivity index (χ4v) is 1.91.